The molecule has 72 valence electrons. The van der Waals surface area contributed by atoms with Crippen LogP contribution in [0.5, 0.6) is 0 Å². The lowest BCUT2D eigenvalue weighted by molar-refractivity contribution is -0.122. The molecular formula is C10H21NO. The van der Waals surface area contributed by atoms with E-state index in [-0.39, 0.29) is 11.8 Å². The Morgan fingerprint density at radius 3 is 1.92 bits per heavy atom. The van der Waals surface area contributed by atoms with Gasteiger partial charge in [-0.1, -0.05) is 33.6 Å². The molecule has 2 heteroatoms. The van der Waals surface area contributed by atoms with E-state index in [0.29, 0.717) is 5.92 Å². The number of rotatable bonds is 6. The van der Waals surface area contributed by atoms with Gasteiger partial charge in [-0.3, -0.25) is 4.79 Å². The molecule has 12 heavy (non-hydrogen) atoms. The largest absolute Gasteiger partial charge is 0.369 e. The second-order valence-corrected chi connectivity index (χ2v) is 3.43. The van der Waals surface area contributed by atoms with E-state index in [9.17, 15) is 4.79 Å². The monoisotopic (exact) mass is 171 g/mol. The summed E-state index contributed by atoms with van der Waals surface area (Å²) in [5.74, 6) is 0.627. The summed E-state index contributed by atoms with van der Waals surface area (Å²) in [5, 5.41) is 0. The van der Waals surface area contributed by atoms with Crippen LogP contribution in [0.1, 0.15) is 46.5 Å². The Bertz CT molecular complexity index is 130. The van der Waals surface area contributed by atoms with Crippen molar-refractivity contribution in [1.29, 1.82) is 0 Å². The Hall–Kier alpha value is -0.530. The molecule has 1 amide bonds. The fraction of sp³-hybridized carbons (Fsp3) is 0.900. The maximum Gasteiger partial charge on any atom is 0.220 e. The molecule has 0 aliphatic carbocycles. The van der Waals surface area contributed by atoms with Crippen LogP contribution in [0.25, 0.3) is 0 Å². The van der Waals surface area contributed by atoms with Crippen LogP contribution in [0.15, 0.2) is 0 Å². The Balaban J connectivity index is 3.91. The zero-order chi connectivity index (χ0) is 9.56. The molecule has 0 radical (unpaired) electrons. The van der Waals surface area contributed by atoms with Crippen molar-refractivity contribution >= 4 is 5.91 Å². The van der Waals surface area contributed by atoms with Gasteiger partial charge in [0.1, 0.15) is 0 Å². The minimum Gasteiger partial charge on any atom is -0.369 e. The maximum atomic E-state index is 10.9. The first-order valence-corrected chi connectivity index (χ1v) is 4.94. The van der Waals surface area contributed by atoms with Gasteiger partial charge in [-0.2, -0.15) is 0 Å². The Morgan fingerprint density at radius 1 is 1.17 bits per heavy atom. The van der Waals surface area contributed by atoms with Crippen molar-refractivity contribution in [2.75, 3.05) is 0 Å². The van der Waals surface area contributed by atoms with Gasteiger partial charge in [-0.25, -0.2) is 0 Å². The van der Waals surface area contributed by atoms with Gasteiger partial charge in [0.15, 0.2) is 0 Å². The van der Waals surface area contributed by atoms with Gasteiger partial charge >= 0.3 is 0 Å². The van der Waals surface area contributed by atoms with Gasteiger partial charge in [0, 0.05) is 5.92 Å². The average Bonchev–Trinajstić information content (AvgIpc) is 2.06. The van der Waals surface area contributed by atoms with E-state index in [4.69, 9.17) is 5.73 Å². The molecule has 0 fully saturated rings. The normalized spacial score (nSPS) is 13.3. The van der Waals surface area contributed by atoms with Gasteiger partial charge in [-0.15, -0.1) is 0 Å². The highest BCUT2D eigenvalue weighted by Gasteiger charge is 2.16. The van der Waals surface area contributed by atoms with E-state index in [1.54, 1.807) is 0 Å². The summed E-state index contributed by atoms with van der Waals surface area (Å²) in [6.07, 6.45) is 4.16. The molecule has 2 N–H and O–H groups in total. The molecule has 0 spiro atoms. The molecular weight excluding hydrogens is 150 g/mol. The lowest BCUT2D eigenvalue weighted by atomic mass is 9.89. The van der Waals surface area contributed by atoms with Crippen LogP contribution in [0.4, 0.5) is 0 Å². The number of carbonyl (C=O) groups excluding carboxylic acids is 1. The molecule has 1 unspecified atom stereocenters. The van der Waals surface area contributed by atoms with Gasteiger partial charge in [-0.05, 0) is 18.8 Å². The topological polar surface area (TPSA) is 43.1 Å². The molecule has 0 rings (SSSR count). The summed E-state index contributed by atoms with van der Waals surface area (Å²) in [6.45, 7) is 6.36. The van der Waals surface area contributed by atoms with E-state index < -0.39 is 0 Å². The molecule has 0 saturated heterocycles. The quantitative estimate of drug-likeness (QED) is 0.655. The number of carbonyl (C=O) groups is 1. The van der Waals surface area contributed by atoms with Crippen molar-refractivity contribution in [3.8, 4) is 0 Å². The fourth-order valence-corrected chi connectivity index (χ4v) is 1.51. The molecule has 0 saturated carbocycles. The van der Waals surface area contributed by atoms with E-state index in [1.807, 2.05) is 6.92 Å². The molecule has 0 aromatic heterocycles. The molecule has 0 aromatic carbocycles. The van der Waals surface area contributed by atoms with E-state index >= 15 is 0 Å². The first kappa shape index (κ1) is 11.5. The van der Waals surface area contributed by atoms with Crippen LogP contribution in [-0.2, 0) is 4.79 Å². The fourth-order valence-electron chi connectivity index (χ4n) is 1.51. The van der Waals surface area contributed by atoms with Crippen LogP contribution in [0.3, 0.4) is 0 Å². The smallest absolute Gasteiger partial charge is 0.220 e. The van der Waals surface area contributed by atoms with Gasteiger partial charge in [0.2, 0.25) is 5.91 Å². The van der Waals surface area contributed by atoms with Gasteiger partial charge in [0.05, 0.1) is 0 Å². The van der Waals surface area contributed by atoms with Crippen molar-refractivity contribution in [2.45, 2.75) is 46.5 Å². The standard InChI is InChI=1S/C10H21NO/c1-4-8(5-2)7-9(6-3)10(11)12/h8-9H,4-7H2,1-3H3,(H2,11,12). The molecule has 0 heterocycles. The number of primary amides is 1. The summed E-state index contributed by atoms with van der Waals surface area (Å²) in [7, 11) is 0. The average molecular weight is 171 g/mol. The van der Waals surface area contributed by atoms with E-state index in [2.05, 4.69) is 13.8 Å². The van der Waals surface area contributed by atoms with Crippen LogP contribution in [0, 0.1) is 11.8 Å². The van der Waals surface area contributed by atoms with Crippen LogP contribution in [-0.4, -0.2) is 5.91 Å². The third kappa shape index (κ3) is 3.74. The van der Waals surface area contributed by atoms with E-state index in [1.165, 1.54) is 0 Å². The highest BCUT2D eigenvalue weighted by atomic mass is 16.1. The Morgan fingerprint density at radius 2 is 1.67 bits per heavy atom. The molecule has 0 bridgehead atoms. The zero-order valence-electron chi connectivity index (χ0n) is 8.47. The Labute approximate surface area is 75.5 Å². The number of hydrogen-bond donors (Lipinski definition) is 1. The predicted molar refractivity (Wildman–Crippen MR) is 51.7 cm³/mol. The lowest BCUT2D eigenvalue weighted by Crippen LogP contribution is -2.24. The molecule has 2 nitrogen and oxygen atoms in total. The minimum atomic E-state index is -0.135. The summed E-state index contributed by atoms with van der Waals surface area (Å²) < 4.78 is 0. The second kappa shape index (κ2) is 6.04. The van der Waals surface area contributed by atoms with Crippen molar-refractivity contribution in [1.82, 2.24) is 0 Å². The maximum absolute atomic E-state index is 10.9. The summed E-state index contributed by atoms with van der Waals surface area (Å²) in [6, 6.07) is 0. The molecule has 0 aliphatic heterocycles. The third-order valence-corrected chi connectivity index (χ3v) is 2.67. The van der Waals surface area contributed by atoms with Gasteiger partial charge < -0.3 is 5.73 Å². The number of amides is 1. The highest BCUT2D eigenvalue weighted by molar-refractivity contribution is 5.76. The van der Waals surface area contributed by atoms with Crippen LogP contribution >= 0.6 is 0 Å². The summed E-state index contributed by atoms with van der Waals surface area (Å²) in [5.41, 5.74) is 5.27. The minimum absolute atomic E-state index is 0.0925. The molecule has 0 aliphatic rings. The van der Waals surface area contributed by atoms with Crippen LogP contribution < -0.4 is 5.73 Å². The van der Waals surface area contributed by atoms with Crippen molar-refractivity contribution in [3.63, 3.8) is 0 Å². The van der Waals surface area contributed by atoms with Crippen molar-refractivity contribution in [3.05, 3.63) is 0 Å². The van der Waals surface area contributed by atoms with Gasteiger partial charge in [0.25, 0.3) is 0 Å². The highest BCUT2D eigenvalue weighted by Crippen LogP contribution is 2.20. The predicted octanol–water partition coefficient (Wildman–Crippen LogP) is 2.32. The molecule has 1 atom stereocenters. The second-order valence-electron chi connectivity index (χ2n) is 3.43. The first-order valence-electron chi connectivity index (χ1n) is 4.94. The number of nitrogens with two attached hydrogens (primary N) is 1. The molecule has 0 aromatic rings. The van der Waals surface area contributed by atoms with E-state index in [0.717, 1.165) is 25.7 Å². The summed E-state index contributed by atoms with van der Waals surface area (Å²) in [4.78, 5) is 10.9. The zero-order valence-corrected chi connectivity index (χ0v) is 8.47. The summed E-state index contributed by atoms with van der Waals surface area (Å²) >= 11 is 0. The Kier molecular flexibility index (Phi) is 5.77. The SMILES string of the molecule is CCC(CC)CC(CC)C(N)=O. The third-order valence-electron chi connectivity index (χ3n) is 2.67. The number of hydrogen-bond acceptors (Lipinski definition) is 1. The lowest BCUT2D eigenvalue weighted by Gasteiger charge is -2.17. The van der Waals surface area contributed by atoms with Crippen LogP contribution in [0.2, 0.25) is 0 Å². The first-order chi connectivity index (χ1) is 5.65. The van der Waals surface area contributed by atoms with Crippen molar-refractivity contribution < 1.29 is 4.79 Å². The van der Waals surface area contributed by atoms with Crippen molar-refractivity contribution in [2.24, 2.45) is 17.6 Å².